The molecule has 0 spiro atoms. The van der Waals surface area contributed by atoms with Gasteiger partial charge in [0.2, 0.25) is 0 Å². The zero-order valence-corrected chi connectivity index (χ0v) is 14.2. The molecule has 2 N–H and O–H groups in total. The molecule has 0 aliphatic heterocycles. The van der Waals surface area contributed by atoms with Gasteiger partial charge >= 0.3 is 11.7 Å². The van der Waals surface area contributed by atoms with Crippen molar-refractivity contribution in [2.45, 2.75) is 19.6 Å². The van der Waals surface area contributed by atoms with Gasteiger partial charge in [0.1, 0.15) is 6.54 Å². The number of hydrogen-bond donors (Lipinski definition) is 2. The fraction of sp³-hybridized carbons (Fsp3) is 0.200. The molecule has 126 valence electrons. The van der Waals surface area contributed by atoms with E-state index in [4.69, 9.17) is 4.74 Å². The summed E-state index contributed by atoms with van der Waals surface area (Å²) in [4.78, 5) is 48.3. The molecule has 2 aromatic rings. The molecule has 0 radical (unpaired) electrons. The molecule has 1 heterocycles. The number of aromatic nitrogens is 2. The van der Waals surface area contributed by atoms with Crippen LogP contribution in [0.4, 0.5) is 5.69 Å². The minimum atomic E-state index is -1.05. The van der Waals surface area contributed by atoms with Gasteiger partial charge in [-0.3, -0.25) is 23.9 Å². The summed E-state index contributed by atoms with van der Waals surface area (Å²) in [6, 6.07) is 8.06. The lowest BCUT2D eigenvalue weighted by Crippen LogP contribution is -2.34. The molecule has 0 bridgehead atoms. The quantitative estimate of drug-likeness (QED) is 0.729. The summed E-state index contributed by atoms with van der Waals surface area (Å²) >= 11 is 3.28. The molecule has 0 fully saturated rings. The van der Waals surface area contributed by atoms with Crippen LogP contribution in [0.3, 0.4) is 0 Å². The molecule has 9 heteroatoms. The highest BCUT2D eigenvalue weighted by Gasteiger charge is 2.18. The molecule has 0 saturated carbocycles. The summed E-state index contributed by atoms with van der Waals surface area (Å²) in [5.41, 5.74) is -0.744. The van der Waals surface area contributed by atoms with Crippen molar-refractivity contribution in [3.05, 3.63) is 61.8 Å². The molecule has 0 saturated heterocycles. The van der Waals surface area contributed by atoms with E-state index in [0.29, 0.717) is 5.69 Å². The van der Waals surface area contributed by atoms with Crippen LogP contribution in [0, 0.1) is 0 Å². The number of aromatic amines is 1. The highest BCUT2D eigenvalue weighted by atomic mass is 79.9. The van der Waals surface area contributed by atoms with Crippen LogP contribution in [0.5, 0.6) is 0 Å². The van der Waals surface area contributed by atoms with Crippen molar-refractivity contribution in [1.29, 1.82) is 0 Å². The van der Waals surface area contributed by atoms with Crippen molar-refractivity contribution in [2.75, 3.05) is 5.32 Å². The van der Waals surface area contributed by atoms with Gasteiger partial charge in [-0.15, -0.1) is 0 Å². The van der Waals surface area contributed by atoms with Crippen LogP contribution in [0.25, 0.3) is 0 Å². The number of carbonyl (C=O) groups is 2. The summed E-state index contributed by atoms with van der Waals surface area (Å²) < 4.78 is 6.76. The summed E-state index contributed by atoms with van der Waals surface area (Å²) in [5, 5.41) is 2.61. The van der Waals surface area contributed by atoms with E-state index in [9.17, 15) is 19.2 Å². The van der Waals surface area contributed by atoms with E-state index in [1.165, 1.54) is 13.1 Å². The van der Waals surface area contributed by atoms with Gasteiger partial charge in [-0.2, -0.15) is 0 Å². The lowest BCUT2D eigenvalue weighted by atomic mass is 10.3. The largest absolute Gasteiger partial charge is 0.451 e. The van der Waals surface area contributed by atoms with Gasteiger partial charge in [-0.25, -0.2) is 4.79 Å². The topological polar surface area (TPSA) is 110 Å². The van der Waals surface area contributed by atoms with Gasteiger partial charge in [0.25, 0.3) is 11.5 Å². The number of esters is 1. The van der Waals surface area contributed by atoms with Crippen LogP contribution >= 0.6 is 15.9 Å². The van der Waals surface area contributed by atoms with E-state index >= 15 is 0 Å². The van der Waals surface area contributed by atoms with E-state index < -0.39 is 35.8 Å². The SMILES string of the molecule is C[C@@H](OC(=O)Cn1ccc(=O)[nH]c1=O)C(=O)Nc1cccc(Br)c1. The number of anilines is 1. The second kappa shape index (κ2) is 7.73. The molecular weight excluding hydrogens is 382 g/mol. The van der Waals surface area contributed by atoms with E-state index in [1.807, 2.05) is 4.98 Å². The molecule has 24 heavy (non-hydrogen) atoms. The number of H-pyrrole nitrogens is 1. The first-order valence-electron chi connectivity index (χ1n) is 6.91. The molecule has 1 amide bonds. The molecule has 1 aromatic carbocycles. The van der Waals surface area contributed by atoms with Gasteiger partial charge in [0, 0.05) is 22.4 Å². The monoisotopic (exact) mass is 395 g/mol. The van der Waals surface area contributed by atoms with Gasteiger partial charge in [0.05, 0.1) is 0 Å². The maximum atomic E-state index is 12.0. The zero-order valence-electron chi connectivity index (χ0n) is 12.6. The van der Waals surface area contributed by atoms with Crippen molar-refractivity contribution in [1.82, 2.24) is 9.55 Å². The fourth-order valence-corrected chi connectivity index (χ4v) is 2.21. The predicted molar refractivity (Wildman–Crippen MR) is 89.6 cm³/mol. The summed E-state index contributed by atoms with van der Waals surface area (Å²) in [7, 11) is 0. The number of amides is 1. The van der Waals surface area contributed by atoms with Crippen LogP contribution in [0.2, 0.25) is 0 Å². The van der Waals surface area contributed by atoms with Crippen molar-refractivity contribution >= 4 is 33.5 Å². The van der Waals surface area contributed by atoms with Crippen LogP contribution < -0.4 is 16.6 Å². The van der Waals surface area contributed by atoms with Crippen LogP contribution in [-0.2, 0) is 20.9 Å². The number of benzene rings is 1. The fourth-order valence-electron chi connectivity index (χ4n) is 1.81. The summed E-state index contributed by atoms with van der Waals surface area (Å²) in [6.45, 7) is 1.00. The summed E-state index contributed by atoms with van der Waals surface area (Å²) in [6.07, 6.45) is 0.129. The molecule has 8 nitrogen and oxygen atoms in total. The molecule has 0 unspecified atom stereocenters. The third-order valence-corrected chi connectivity index (χ3v) is 3.46. The first kappa shape index (κ1) is 17.7. The second-order valence-corrected chi connectivity index (χ2v) is 5.79. The highest BCUT2D eigenvalue weighted by Crippen LogP contribution is 2.16. The normalized spacial score (nSPS) is 11.6. The number of halogens is 1. The van der Waals surface area contributed by atoms with Crippen molar-refractivity contribution in [3.63, 3.8) is 0 Å². The Morgan fingerprint density at radius 3 is 2.75 bits per heavy atom. The Balaban J connectivity index is 1.94. The second-order valence-electron chi connectivity index (χ2n) is 4.87. The molecule has 0 aliphatic carbocycles. The number of ether oxygens (including phenoxy) is 1. The number of nitrogens with zero attached hydrogens (tertiary/aromatic N) is 1. The Bertz CT molecular complexity index is 874. The Morgan fingerprint density at radius 1 is 1.33 bits per heavy atom. The van der Waals surface area contributed by atoms with Crippen LogP contribution in [-0.4, -0.2) is 27.5 Å². The highest BCUT2D eigenvalue weighted by molar-refractivity contribution is 9.10. The number of nitrogens with one attached hydrogen (secondary N) is 2. The molecule has 1 atom stereocenters. The maximum absolute atomic E-state index is 12.0. The predicted octanol–water partition coefficient (Wildman–Crippen LogP) is 0.869. The first-order chi connectivity index (χ1) is 11.3. The molecular formula is C15H14BrN3O5. The van der Waals surface area contributed by atoms with E-state index in [0.717, 1.165) is 15.1 Å². The number of rotatable bonds is 5. The lowest BCUT2D eigenvalue weighted by Gasteiger charge is -2.14. The summed E-state index contributed by atoms with van der Waals surface area (Å²) in [5.74, 6) is -1.28. The molecule has 1 aromatic heterocycles. The average molecular weight is 396 g/mol. The van der Waals surface area contributed by atoms with E-state index in [2.05, 4.69) is 21.2 Å². The van der Waals surface area contributed by atoms with Crippen molar-refractivity contribution in [2.24, 2.45) is 0 Å². The number of hydrogen-bond acceptors (Lipinski definition) is 5. The Hall–Kier alpha value is -2.68. The molecule has 2 rings (SSSR count). The van der Waals surface area contributed by atoms with E-state index in [-0.39, 0.29) is 0 Å². The van der Waals surface area contributed by atoms with Crippen LogP contribution in [0.15, 0.2) is 50.6 Å². The van der Waals surface area contributed by atoms with Crippen molar-refractivity contribution in [3.8, 4) is 0 Å². The average Bonchev–Trinajstić information content (AvgIpc) is 2.50. The first-order valence-corrected chi connectivity index (χ1v) is 7.70. The van der Waals surface area contributed by atoms with Gasteiger partial charge in [0.15, 0.2) is 6.10 Å². The Kier molecular flexibility index (Phi) is 5.69. The smallest absolute Gasteiger partial charge is 0.328 e. The molecule has 0 aliphatic rings. The van der Waals surface area contributed by atoms with Gasteiger partial charge in [-0.05, 0) is 25.1 Å². The van der Waals surface area contributed by atoms with Crippen molar-refractivity contribution < 1.29 is 14.3 Å². The zero-order chi connectivity index (χ0) is 17.7. The van der Waals surface area contributed by atoms with Gasteiger partial charge in [-0.1, -0.05) is 22.0 Å². The third kappa shape index (κ3) is 4.92. The van der Waals surface area contributed by atoms with E-state index in [1.54, 1.807) is 24.3 Å². The standard InChI is InChI=1S/C15H14BrN3O5/c1-9(14(22)17-11-4-2-3-10(16)7-11)24-13(21)8-19-6-5-12(20)18-15(19)23/h2-7,9H,8H2,1H3,(H,17,22)(H,18,20,23)/t9-/m1/s1. The lowest BCUT2D eigenvalue weighted by molar-refractivity contribution is -0.153. The Morgan fingerprint density at radius 2 is 2.08 bits per heavy atom. The maximum Gasteiger partial charge on any atom is 0.328 e. The third-order valence-electron chi connectivity index (χ3n) is 2.97. The number of carbonyl (C=O) groups excluding carboxylic acids is 2. The minimum Gasteiger partial charge on any atom is -0.451 e. The Labute approximate surface area is 144 Å². The van der Waals surface area contributed by atoms with Gasteiger partial charge < -0.3 is 10.1 Å². The van der Waals surface area contributed by atoms with Crippen LogP contribution in [0.1, 0.15) is 6.92 Å². The minimum absolute atomic E-state index is 0.413.